The molecule has 0 aromatic heterocycles. The molecule has 1 saturated heterocycles. The lowest BCUT2D eigenvalue weighted by Crippen LogP contribution is -2.39. The maximum Gasteiger partial charge on any atom is 0.337 e. The Morgan fingerprint density at radius 1 is 1.15 bits per heavy atom. The molecule has 1 fully saturated rings. The minimum Gasteiger partial charge on any atom is -0.465 e. The topological polar surface area (TPSA) is 87.2 Å². The van der Waals surface area contributed by atoms with Crippen LogP contribution in [0.25, 0.3) is 0 Å². The van der Waals surface area contributed by atoms with Gasteiger partial charge in [-0.25, -0.2) is 13.2 Å². The van der Waals surface area contributed by atoms with Gasteiger partial charge in [0.15, 0.2) is 0 Å². The highest BCUT2D eigenvalue weighted by atomic mass is 32.2. The SMILES string of the molecule is COC(=O)c1cccc(S(=O)(=O)N2CCCN(CC(=O)N(C)C)CC2)c1. The number of esters is 1. The molecule has 0 spiro atoms. The number of hydrogen-bond donors (Lipinski definition) is 0. The minimum atomic E-state index is -3.71. The first-order chi connectivity index (χ1) is 12.3. The van der Waals surface area contributed by atoms with Gasteiger partial charge in [-0.2, -0.15) is 4.31 Å². The summed E-state index contributed by atoms with van der Waals surface area (Å²) in [4.78, 5) is 27.1. The number of carbonyl (C=O) groups excluding carboxylic acids is 2. The maximum atomic E-state index is 12.9. The van der Waals surface area contributed by atoms with E-state index in [0.29, 0.717) is 32.6 Å². The second-order valence-corrected chi connectivity index (χ2v) is 8.28. The summed E-state index contributed by atoms with van der Waals surface area (Å²) in [5.41, 5.74) is 0.196. The van der Waals surface area contributed by atoms with Gasteiger partial charge in [-0.3, -0.25) is 9.69 Å². The van der Waals surface area contributed by atoms with Gasteiger partial charge in [0, 0.05) is 33.7 Å². The third kappa shape index (κ3) is 4.80. The molecule has 1 aliphatic heterocycles. The Labute approximate surface area is 154 Å². The Balaban J connectivity index is 2.12. The summed E-state index contributed by atoms with van der Waals surface area (Å²) < 4.78 is 31.9. The van der Waals surface area contributed by atoms with Gasteiger partial charge < -0.3 is 9.64 Å². The lowest BCUT2D eigenvalue weighted by molar-refractivity contribution is -0.129. The van der Waals surface area contributed by atoms with Gasteiger partial charge in [-0.05, 0) is 31.2 Å². The molecule has 0 atom stereocenters. The zero-order chi connectivity index (χ0) is 19.3. The van der Waals surface area contributed by atoms with Crippen molar-refractivity contribution in [2.24, 2.45) is 0 Å². The molecular formula is C17H25N3O5S. The largest absolute Gasteiger partial charge is 0.465 e. The summed E-state index contributed by atoms with van der Waals surface area (Å²) in [7, 11) is 0.937. The van der Waals surface area contributed by atoms with Crippen LogP contribution in [0.2, 0.25) is 0 Å². The van der Waals surface area contributed by atoms with E-state index in [0.717, 1.165) is 0 Å². The molecule has 0 bridgehead atoms. The first-order valence-electron chi connectivity index (χ1n) is 8.36. The molecule has 0 unspecified atom stereocenters. The summed E-state index contributed by atoms with van der Waals surface area (Å²) >= 11 is 0. The fourth-order valence-electron chi connectivity index (χ4n) is 2.73. The van der Waals surface area contributed by atoms with Gasteiger partial charge in [0.1, 0.15) is 0 Å². The van der Waals surface area contributed by atoms with Crippen molar-refractivity contribution in [2.45, 2.75) is 11.3 Å². The van der Waals surface area contributed by atoms with E-state index in [2.05, 4.69) is 4.74 Å². The van der Waals surface area contributed by atoms with E-state index >= 15 is 0 Å². The molecule has 26 heavy (non-hydrogen) atoms. The monoisotopic (exact) mass is 383 g/mol. The van der Waals surface area contributed by atoms with E-state index in [1.165, 1.54) is 40.6 Å². The number of nitrogens with zero attached hydrogens (tertiary/aromatic N) is 3. The minimum absolute atomic E-state index is 0.00733. The molecule has 1 heterocycles. The second kappa shape index (κ2) is 8.61. The van der Waals surface area contributed by atoms with Crippen molar-refractivity contribution < 1.29 is 22.7 Å². The Hall–Kier alpha value is -1.97. The highest BCUT2D eigenvalue weighted by molar-refractivity contribution is 7.89. The van der Waals surface area contributed by atoms with E-state index in [1.807, 2.05) is 4.90 Å². The maximum absolute atomic E-state index is 12.9. The number of carbonyl (C=O) groups is 2. The van der Waals surface area contributed by atoms with Crippen LogP contribution in [0.15, 0.2) is 29.2 Å². The number of hydrogen-bond acceptors (Lipinski definition) is 6. The van der Waals surface area contributed by atoms with Gasteiger partial charge in [-0.15, -0.1) is 0 Å². The molecule has 8 nitrogen and oxygen atoms in total. The third-order valence-corrected chi connectivity index (χ3v) is 6.19. The van der Waals surface area contributed by atoms with Gasteiger partial charge in [0.2, 0.25) is 15.9 Å². The van der Waals surface area contributed by atoms with Crippen molar-refractivity contribution in [3.05, 3.63) is 29.8 Å². The first-order valence-corrected chi connectivity index (χ1v) is 9.80. The number of rotatable bonds is 5. The molecule has 1 aromatic rings. The smallest absolute Gasteiger partial charge is 0.337 e. The Bertz CT molecular complexity index is 763. The van der Waals surface area contributed by atoms with Gasteiger partial charge in [0.05, 0.1) is 24.1 Å². The van der Waals surface area contributed by atoms with Crippen LogP contribution in [-0.2, 0) is 19.6 Å². The van der Waals surface area contributed by atoms with Crippen molar-refractivity contribution in [3.8, 4) is 0 Å². The van der Waals surface area contributed by atoms with Crippen molar-refractivity contribution >= 4 is 21.9 Å². The van der Waals surface area contributed by atoms with Crippen LogP contribution < -0.4 is 0 Å². The quantitative estimate of drug-likeness (QED) is 0.678. The molecule has 144 valence electrons. The highest BCUT2D eigenvalue weighted by Crippen LogP contribution is 2.19. The number of sulfonamides is 1. The predicted octanol–water partition coefficient (Wildman–Crippen LogP) is 0.258. The Kier molecular flexibility index (Phi) is 6.74. The van der Waals surface area contributed by atoms with Crippen LogP contribution in [0, 0.1) is 0 Å². The summed E-state index contributed by atoms with van der Waals surface area (Å²) in [6, 6.07) is 5.85. The summed E-state index contributed by atoms with van der Waals surface area (Å²) in [5, 5.41) is 0. The van der Waals surface area contributed by atoms with Crippen molar-refractivity contribution in [1.82, 2.24) is 14.1 Å². The fourth-order valence-corrected chi connectivity index (χ4v) is 4.24. The summed E-state index contributed by atoms with van der Waals surface area (Å²) in [6.45, 7) is 2.09. The normalized spacial score (nSPS) is 16.7. The molecule has 2 rings (SSSR count). The molecule has 1 aliphatic rings. The number of likely N-dealkylation sites (N-methyl/N-ethyl adjacent to an activating group) is 1. The molecule has 1 aromatic carbocycles. The number of ether oxygens (including phenoxy) is 1. The molecule has 0 saturated carbocycles. The summed E-state index contributed by atoms with van der Waals surface area (Å²) in [5.74, 6) is -0.585. The molecule has 0 N–H and O–H groups in total. The van der Waals surface area contributed by atoms with Crippen molar-refractivity contribution in [1.29, 1.82) is 0 Å². The van der Waals surface area contributed by atoms with E-state index in [-0.39, 0.29) is 22.9 Å². The standard InChI is InChI=1S/C17H25N3O5S/c1-18(2)16(21)13-19-8-5-9-20(11-10-19)26(23,24)15-7-4-6-14(12-15)17(22)25-3/h4,6-7,12H,5,8-11,13H2,1-3H3. The second-order valence-electron chi connectivity index (χ2n) is 6.34. The van der Waals surface area contributed by atoms with Crippen LogP contribution in [0.5, 0.6) is 0 Å². The molecular weight excluding hydrogens is 358 g/mol. The lowest BCUT2D eigenvalue weighted by atomic mass is 10.2. The molecule has 0 aliphatic carbocycles. The average molecular weight is 383 g/mol. The Morgan fingerprint density at radius 2 is 1.88 bits per heavy atom. The third-order valence-electron chi connectivity index (χ3n) is 4.30. The lowest BCUT2D eigenvalue weighted by Gasteiger charge is -2.22. The van der Waals surface area contributed by atoms with Crippen LogP contribution in [-0.4, -0.2) is 88.3 Å². The number of amides is 1. The predicted molar refractivity (Wildman–Crippen MR) is 96.3 cm³/mol. The number of methoxy groups -OCH3 is 1. The van der Waals surface area contributed by atoms with Crippen LogP contribution >= 0.6 is 0 Å². The number of benzene rings is 1. The van der Waals surface area contributed by atoms with E-state index in [4.69, 9.17) is 0 Å². The zero-order valence-electron chi connectivity index (χ0n) is 15.3. The highest BCUT2D eigenvalue weighted by Gasteiger charge is 2.28. The Morgan fingerprint density at radius 3 is 2.54 bits per heavy atom. The first kappa shape index (κ1) is 20.3. The average Bonchev–Trinajstić information content (AvgIpc) is 2.87. The van der Waals surface area contributed by atoms with Crippen LogP contribution in [0.4, 0.5) is 0 Å². The molecule has 0 radical (unpaired) electrons. The van der Waals surface area contributed by atoms with Gasteiger partial charge in [0.25, 0.3) is 0 Å². The van der Waals surface area contributed by atoms with Crippen molar-refractivity contribution in [3.63, 3.8) is 0 Å². The molecule has 9 heteroatoms. The van der Waals surface area contributed by atoms with Crippen molar-refractivity contribution in [2.75, 3.05) is 53.9 Å². The van der Waals surface area contributed by atoms with Gasteiger partial charge >= 0.3 is 5.97 Å². The van der Waals surface area contributed by atoms with E-state index in [1.54, 1.807) is 14.1 Å². The molecule has 1 amide bonds. The fraction of sp³-hybridized carbons (Fsp3) is 0.529. The van der Waals surface area contributed by atoms with Crippen LogP contribution in [0.1, 0.15) is 16.8 Å². The van der Waals surface area contributed by atoms with Gasteiger partial charge in [-0.1, -0.05) is 6.07 Å². The summed E-state index contributed by atoms with van der Waals surface area (Å²) in [6.07, 6.45) is 0.636. The van der Waals surface area contributed by atoms with E-state index in [9.17, 15) is 18.0 Å². The van der Waals surface area contributed by atoms with E-state index < -0.39 is 16.0 Å². The zero-order valence-corrected chi connectivity index (χ0v) is 16.2. The van der Waals surface area contributed by atoms with Crippen LogP contribution in [0.3, 0.4) is 0 Å².